The Morgan fingerprint density at radius 1 is 1.25 bits per heavy atom. The van der Waals surface area contributed by atoms with Crippen molar-refractivity contribution in [3.63, 3.8) is 0 Å². The highest BCUT2D eigenvalue weighted by Gasteiger charge is 2.20. The Morgan fingerprint density at radius 2 is 2.04 bits per heavy atom. The Hall–Kier alpha value is -2.55. The smallest absolute Gasteiger partial charge is 0.348 e. The molecule has 0 saturated carbocycles. The summed E-state index contributed by atoms with van der Waals surface area (Å²) >= 11 is 1.34. The zero-order valence-corrected chi connectivity index (χ0v) is 17.6. The van der Waals surface area contributed by atoms with E-state index in [1.54, 1.807) is 6.92 Å². The number of thiophene rings is 1. The lowest BCUT2D eigenvalue weighted by atomic mass is 10.2. The number of hydrogen-bond acceptors (Lipinski definition) is 9. The summed E-state index contributed by atoms with van der Waals surface area (Å²) in [5, 5.41) is 8.22. The lowest BCUT2D eigenvalue weighted by Gasteiger charge is -2.08. The van der Waals surface area contributed by atoms with Gasteiger partial charge in [0.25, 0.3) is 0 Å². The van der Waals surface area contributed by atoms with E-state index in [1.165, 1.54) is 11.3 Å². The third kappa shape index (κ3) is 4.30. The van der Waals surface area contributed by atoms with Gasteiger partial charge in [0.15, 0.2) is 5.82 Å². The van der Waals surface area contributed by atoms with E-state index in [4.69, 9.17) is 9.26 Å². The molecule has 0 aliphatic carbocycles. The van der Waals surface area contributed by atoms with Crippen molar-refractivity contribution in [1.82, 2.24) is 20.1 Å². The molecule has 3 rings (SSSR count). The van der Waals surface area contributed by atoms with Crippen molar-refractivity contribution in [2.24, 2.45) is 0 Å². The van der Waals surface area contributed by atoms with Crippen LogP contribution >= 0.6 is 11.3 Å². The zero-order valence-electron chi connectivity index (χ0n) is 16.8. The van der Waals surface area contributed by atoms with E-state index >= 15 is 0 Å². The summed E-state index contributed by atoms with van der Waals surface area (Å²) in [6.45, 7) is 10.6. The van der Waals surface area contributed by atoms with Crippen LogP contribution in [0.3, 0.4) is 0 Å². The molecule has 0 amide bonds. The number of nitrogens with zero attached hydrogens (tertiary/aromatic N) is 4. The molecule has 1 N–H and O–H groups in total. The van der Waals surface area contributed by atoms with Gasteiger partial charge in [-0.1, -0.05) is 19.0 Å². The molecule has 8 nitrogen and oxygen atoms in total. The number of nitrogens with one attached hydrogen (secondary N) is 1. The van der Waals surface area contributed by atoms with Gasteiger partial charge in [-0.25, -0.2) is 14.8 Å². The second-order valence-corrected chi connectivity index (χ2v) is 7.81. The van der Waals surface area contributed by atoms with E-state index < -0.39 is 0 Å². The molecule has 0 spiro atoms. The van der Waals surface area contributed by atoms with Crippen LogP contribution in [-0.4, -0.2) is 39.2 Å². The second kappa shape index (κ2) is 8.64. The summed E-state index contributed by atoms with van der Waals surface area (Å²) in [6, 6.07) is 0. The Kier molecular flexibility index (Phi) is 6.23. The van der Waals surface area contributed by atoms with E-state index in [-0.39, 0.29) is 11.9 Å². The van der Waals surface area contributed by atoms with Crippen LogP contribution in [0.15, 0.2) is 4.52 Å². The minimum absolute atomic E-state index is 0.253. The van der Waals surface area contributed by atoms with Gasteiger partial charge in [-0.3, -0.25) is 0 Å². The van der Waals surface area contributed by atoms with Crippen molar-refractivity contribution in [3.8, 4) is 0 Å². The number of rotatable bonds is 8. The average molecular weight is 404 g/mol. The van der Waals surface area contributed by atoms with Crippen molar-refractivity contribution in [1.29, 1.82) is 0 Å². The Morgan fingerprint density at radius 3 is 2.71 bits per heavy atom. The summed E-state index contributed by atoms with van der Waals surface area (Å²) in [7, 11) is 0. The third-order valence-corrected chi connectivity index (χ3v) is 5.39. The topological polar surface area (TPSA) is 103 Å². The van der Waals surface area contributed by atoms with Gasteiger partial charge in [-0.15, -0.1) is 11.3 Å². The molecule has 0 saturated heterocycles. The minimum Gasteiger partial charge on any atom is -0.462 e. The molecular weight excluding hydrogens is 378 g/mol. The first-order valence-electron chi connectivity index (χ1n) is 9.41. The summed E-state index contributed by atoms with van der Waals surface area (Å²) in [6.07, 6.45) is 1.51. The fraction of sp³-hybridized carbons (Fsp3) is 0.526. The summed E-state index contributed by atoms with van der Waals surface area (Å²) in [4.78, 5) is 27.0. The minimum atomic E-state index is -0.316. The van der Waals surface area contributed by atoms with Gasteiger partial charge < -0.3 is 14.6 Å². The standard InChI is InChI=1S/C19H25N5O3S/c1-6-26-19(25)15-11(4)14-17(21-12(5)22-18(14)28-15)20-9-7-8-13-23-16(10(2)3)24-27-13/h10H,6-9H2,1-5H3,(H,20,21,22). The van der Waals surface area contributed by atoms with E-state index in [2.05, 4.69) is 25.4 Å². The molecule has 28 heavy (non-hydrogen) atoms. The molecule has 0 aliphatic heterocycles. The first-order valence-corrected chi connectivity index (χ1v) is 10.2. The largest absolute Gasteiger partial charge is 0.462 e. The first-order chi connectivity index (χ1) is 13.4. The molecule has 3 aromatic heterocycles. The number of anilines is 1. The van der Waals surface area contributed by atoms with Crippen molar-refractivity contribution < 1.29 is 14.1 Å². The highest BCUT2D eigenvalue weighted by atomic mass is 32.1. The predicted octanol–water partition coefficient (Wildman–Crippen LogP) is 4.04. The molecule has 0 aliphatic rings. The number of carbonyl (C=O) groups excluding carboxylic acids is 1. The maximum atomic E-state index is 12.2. The maximum absolute atomic E-state index is 12.2. The van der Waals surface area contributed by atoms with Crippen molar-refractivity contribution in [2.75, 3.05) is 18.5 Å². The van der Waals surface area contributed by atoms with Crippen LogP contribution in [0.25, 0.3) is 10.2 Å². The SMILES string of the molecule is CCOC(=O)c1sc2nc(C)nc(NCCCc3nc(C(C)C)no3)c2c1C. The number of hydrogen-bond donors (Lipinski definition) is 1. The van der Waals surface area contributed by atoms with Crippen LogP contribution < -0.4 is 5.32 Å². The van der Waals surface area contributed by atoms with Gasteiger partial charge in [0, 0.05) is 18.9 Å². The summed E-state index contributed by atoms with van der Waals surface area (Å²) in [5.41, 5.74) is 0.847. The molecule has 0 atom stereocenters. The van der Waals surface area contributed by atoms with E-state index in [0.717, 1.165) is 33.8 Å². The van der Waals surface area contributed by atoms with Crippen molar-refractivity contribution >= 4 is 33.3 Å². The van der Waals surface area contributed by atoms with Crippen LogP contribution in [0.4, 0.5) is 5.82 Å². The van der Waals surface area contributed by atoms with Crippen LogP contribution in [0.1, 0.15) is 65.9 Å². The Balaban J connectivity index is 1.72. The van der Waals surface area contributed by atoms with Crippen molar-refractivity contribution in [3.05, 3.63) is 28.0 Å². The van der Waals surface area contributed by atoms with Gasteiger partial charge in [0.1, 0.15) is 21.3 Å². The third-order valence-electron chi connectivity index (χ3n) is 4.22. The molecule has 3 aromatic rings. The molecule has 0 bridgehead atoms. The number of aromatic nitrogens is 4. The molecular formula is C19H25N5O3S. The molecule has 9 heteroatoms. The molecule has 0 unspecified atom stereocenters. The van der Waals surface area contributed by atoms with Gasteiger partial charge >= 0.3 is 5.97 Å². The molecule has 0 aromatic carbocycles. The predicted molar refractivity (Wildman–Crippen MR) is 108 cm³/mol. The monoisotopic (exact) mass is 403 g/mol. The van der Waals surface area contributed by atoms with Crippen LogP contribution in [0.2, 0.25) is 0 Å². The Bertz CT molecular complexity index is 980. The number of carbonyl (C=O) groups is 1. The number of esters is 1. The first kappa shape index (κ1) is 20.2. The summed E-state index contributed by atoms with van der Waals surface area (Å²) < 4.78 is 10.4. The van der Waals surface area contributed by atoms with Gasteiger partial charge in [0.05, 0.1) is 12.0 Å². The summed E-state index contributed by atoms with van der Waals surface area (Å²) in [5.74, 6) is 2.71. The second-order valence-electron chi connectivity index (χ2n) is 6.81. The van der Waals surface area contributed by atoms with E-state index in [0.29, 0.717) is 36.2 Å². The van der Waals surface area contributed by atoms with Crippen LogP contribution in [0.5, 0.6) is 0 Å². The Labute approximate surface area is 167 Å². The van der Waals surface area contributed by atoms with Crippen LogP contribution in [-0.2, 0) is 11.2 Å². The van der Waals surface area contributed by atoms with E-state index in [9.17, 15) is 4.79 Å². The van der Waals surface area contributed by atoms with Crippen LogP contribution in [0, 0.1) is 13.8 Å². The number of ether oxygens (including phenoxy) is 1. The normalized spacial score (nSPS) is 11.4. The number of aryl methyl sites for hydroxylation is 3. The molecule has 3 heterocycles. The zero-order chi connectivity index (χ0) is 20.3. The fourth-order valence-electron chi connectivity index (χ4n) is 2.82. The fourth-order valence-corrected chi connectivity index (χ4v) is 3.94. The molecule has 150 valence electrons. The van der Waals surface area contributed by atoms with Gasteiger partial charge in [0.2, 0.25) is 5.89 Å². The lowest BCUT2D eigenvalue weighted by molar-refractivity contribution is 0.0531. The lowest BCUT2D eigenvalue weighted by Crippen LogP contribution is -2.07. The van der Waals surface area contributed by atoms with Crippen molar-refractivity contribution in [2.45, 2.75) is 53.4 Å². The quantitative estimate of drug-likeness (QED) is 0.444. The maximum Gasteiger partial charge on any atom is 0.348 e. The van der Waals surface area contributed by atoms with E-state index in [1.807, 2.05) is 27.7 Å². The number of fused-ring (bicyclic) bond motifs is 1. The average Bonchev–Trinajstić information content (AvgIpc) is 3.24. The highest BCUT2D eigenvalue weighted by Crippen LogP contribution is 2.34. The molecule has 0 radical (unpaired) electrons. The molecule has 0 fully saturated rings. The van der Waals surface area contributed by atoms with Gasteiger partial charge in [-0.05, 0) is 32.8 Å². The highest BCUT2D eigenvalue weighted by molar-refractivity contribution is 7.20. The van der Waals surface area contributed by atoms with Gasteiger partial charge in [-0.2, -0.15) is 4.98 Å².